The molecule has 1 fully saturated rings. The third-order valence-corrected chi connectivity index (χ3v) is 2.85. The van der Waals surface area contributed by atoms with E-state index in [1.165, 1.54) is 0 Å². The molecule has 1 atom stereocenters. The molecule has 0 aliphatic carbocycles. The first-order chi connectivity index (χ1) is 8.35. The van der Waals surface area contributed by atoms with Gasteiger partial charge in [0.2, 0.25) is 0 Å². The first-order valence-electron chi connectivity index (χ1n) is 5.79. The van der Waals surface area contributed by atoms with Gasteiger partial charge in [0.25, 0.3) is 0 Å². The molecule has 4 nitrogen and oxygen atoms in total. The average Bonchev–Trinajstić information content (AvgIpc) is 2.39. The molecule has 1 aromatic rings. The summed E-state index contributed by atoms with van der Waals surface area (Å²) >= 11 is 0. The Balaban J connectivity index is 2.17. The highest BCUT2D eigenvalue weighted by Crippen LogP contribution is 2.31. The normalized spacial score (nSPS) is 19.4. The van der Waals surface area contributed by atoms with Crippen LogP contribution >= 0.6 is 0 Å². The van der Waals surface area contributed by atoms with Crippen LogP contribution in [-0.4, -0.2) is 26.3 Å². The summed E-state index contributed by atoms with van der Waals surface area (Å²) in [6.45, 7) is 1.90. The minimum Gasteiger partial charge on any atom is -0.492 e. The third-order valence-electron chi connectivity index (χ3n) is 2.85. The summed E-state index contributed by atoms with van der Waals surface area (Å²) in [7, 11) is 1.56. The predicted octanol–water partition coefficient (Wildman–Crippen LogP) is 1.70. The summed E-state index contributed by atoms with van der Waals surface area (Å²) in [6.07, 6.45) is 2.31. The number of piperidine rings is 1. The second-order valence-electron chi connectivity index (χ2n) is 4.03. The van der Waals surface area contributed by atoms with Crippen LogP contribution in [0.4, 0.5) is 0 Å². The second-order valence-corrected chi connectivity index (χ2v) is 4.03. The zero-order valence-electron chi connectivity index (χ0n) is 9.90. The summed E-state index contributed by atoms with van der Waals surface area (Å²) in [6, 6.07) is 7.48. The number of hydrogen-bond acceptors (Lipinski definition) is 4. The Bertz CT molecular complexity index is 420. The summed E-state index contributed by atoms with van der Waals surface area (Å²) in [5.74, 6) is 1.18. The van der Waals surface area contributed by atoms with Crippen molar-refractivity contribution in [1.82, 2.24) is 5.32 Å². The maximum Gasteiger partial charge on any atom is 0.178 e. The van der Waals surface area contributed by atoms with E-state index in [4.69, 9.17) is 14.7 Å². The van der Waals surface area contributed by atoms with Gasteiger partial charge in [-0.25, -0.2) is 0 Å². The quantitative estimate of drug-likeness (QED) is 0.861. The Morgan fingerprint density at radius 1 is 1.47 bits per heavy atom. The van der Waals surface area contributed by atoms with E-state index >= 15 is 0 Å². The van der Waals surface area contributed by atoms with Gasteiger partial charge in [-0.1, -0.05) is 6.07 Å². The van der Waals surface area contributed by atoms with Gasteiger partial charge in [0.15, 0.2) is 11.5 Å². The van der Waals surface area contributed by atoms with Crippen LogP contribution in [0.15, 0.2) is 18.2 Å². The summed E-state index contributed by atoms with van der Waals surface area (Å²) in [5.41, 5.74) is 0.508. The number of nitrogens with one attached hydrogen (secondary N) is 1. The van der Waals surface area contributed by atoms with Gasteiger partial charge in [0.1, 0.15) is 12.2 Å². The van der Waals surface area contributed by atoms with E-state index in [0.29, 0.717) is 17.1 Å². The molecular weight excluding hydrogens is 216 g/mol. The number of rotatable bonds is 3. The van der Waals surface area contributed by atoms with Crippen LogP contribution < -0.4 is 14.8 Å². The maximum atomic E-state index is 8.98. The monoisotopic (exact) mass is 232 g/mol. The number of para-hydroxylation sites is 1. The first kappa shape index (κ1) is 11.7. The van der Waals surface area contributed by atoms with E-state index in [-0.39, 0.29) is 6.10 Å². The smallest absolute Gasteiger partial charge is 0.178 e. The largest absolute Gasteiger partial charge is 0.492 e. The lowest BCUT2D eigenvalue weighted by molar-refractivity contribution is 0.161. The predicted molar refractivity (Wildman–Crippen MR) is 64.2 cm³/mol. The molecule has 4 heteroatoms. The Morgan fingerprint density at radius 3 is 3.00 bits per heavy atom. The van der Waals surface area contributed by atoms with Crippen molar-refractivity contribution in [3.63, 3.8) is 0 Å². The van der Waals surface area contributed by atoms with Crippen molar-refractivity contribution in [2.45, 2.75) is 18.9 Å². The summed E-state index contributed by atoms with van der Waals surface area (Å²) < 4.78 is 11.1. The lowest BCUT2D eigenvalue weighted by Crippen LogP contribution is -2.37. The van der Waals surface area contributed by atoms with Crippen molar-refractivity contribution in [3.8, 4) is 17.6 Å². The molecule has 2 rings (SSSR count). The van der Waals surface area contributed by atoms with E-state index in [1.54, 1.807) is 13.2 Å². The van der Waals surface area contributed by atoms with Gasteiger partial charge >= 0.3 is 0 Å². The summed E-state index contributed by atoms with van der Waals surface area (Å²) in [5, 5.41) is 12.3. The van der Waals surface area contributed by atoms with Crippen molar-refractivity contribution in [1.29, 1.82) is 5.26 Å². The van der Waals surface area contributed by atoms with E-state index in [1.807, 2.05) is 12.1 Å². The molecule has 1 N–H and O–H groups in total. The number of ether oxygens (including phenoxy) is 2. The number of hydrogen-bond donors (Lipinski definition) is 1. The molecule has 0 aromatic heterocycles. The van der Waals surface area contributed by atoms with Gasteiger partial charge in [-0.15, -0.1) is 0 Å². The molecule has 1 unspecified atom stereocenters. The second kappa shape index (κ2) is 5.55. The molecule has 1 heterocycles. The lowest BCUT2D eigenvalue weighted by atomic mass is 10.1. The minimum atomic E-state index is 0.159. The molecule has 0 amide bonds. The van der Waals surface area contributed by atoms with Crippen molar-refractivity contribution in [2.75, 3.05) is 20.2 Å². The zero-order valence-corrected chi connectivity index (χ0v) is 9.90. The van der Waals surface area contributed by atoms with Crippen LogP contribution in [0.1, 0.15) is 18.4 Å². The molecule has 90 valence electrons. The SMILES string of the molecule is COc1c(C#N)cccc1OC1CCCNC1. The van der Waals surface area contributed by atoms with Crippen LogP contribution in [-0.2, 0) is 0 Å². The highest BCUT2D eigenvalue weighted by Gasteiger charge is 2.17. The minimum absolute atomic E-state index is 0.159. The Morgan fingerprint density at radius 2 is 2.35 bits per heavy atom. The maximum absolute atomic E-state index is 8.98. The molecule has 1 aliphatic heterocycles. The Labute approximate surface area is 101 Å². The molecule has 1 aromatic carbocycles. The highest BCUT2D eigenvalue weighted by atomic mass is 16.5. The van der Waals surface area contributed by atoms with E-state index in [2.05, 4.69) is 11.4 Å². The van der Waals surface area contributed by atoms with E-state index < -0.39 is 0 Å². The van der Waals surface area contributed by atoms with Gasteiger partial charge in [-0.3, -0.25) is 0 Å². The average molecular weight is 232 g/mol. The molecule has 1 aliphatic rings. The Hall–Kier alpha value is -1.73. The topological polar surface area (TPSA) is 54.3 Å². The molecule has 17 heavy (non-hydrogen) atoms. The molecule has 0 saturated carbocycles. The lowest BCUT2D eigenvalue weighted by Gasteiger charge is -2.24. The van der Waals surface area contributed by atoms with Crippen LogP contribution in [0.25, 0.3) is 0 Å². The third kappa shape index (κ3) is 2.69. The van der Waals surface area contributed by atoms with Crippen molar-refractivity contribution in [3.05, 3.63) is 23.8 Å². The molecule has 0 bridgehead atoms. The Kier molecular flexibility index (Phi) is 3.84. The van der Waals surface area contributed by atoms with Crippen LogP contribution in [0, 0.1) is 11.3 Å². The van der Waals surface area contributed by atoms with Crippen molar-refractivity contribution in [2.24, 2.45) is 0 Å². The number of benzene rings is 1. The standard InChI is InChI=1S/C13H16N2O2/c1-16-13-10(8-14)4-2-6-12(13)17-11-5-3-7-15-9-11/h2,4,6,11,15H,3,5,7,9H2,1H3. The van der Waals surface area contributed by atoms with Gasteiger partial charge in [-0.05, 0) is 31.5 Å². The fraction of sp³-hybridized carbons (Fsp3) is 0.462. The van der Waals surface area contributed by atoms with Crippen molar-refractivity contribution < 1.29 is 9.47 Å². The van der Waals surface area contributed by atoms with Crippen LogP contribution in [0.2, 0.25) is 0 Å². The van der Waals surface area contributed by atoms with E-state index in [9.17, 15) is 0 Å². The van der Waals surface area contributed by atoms with Gasteiger partial charge in [0.05, 0.1) is 12.7 Å². The highest BCUT2D eigenvalue weighted by molar-refractivity contribution is 5.52. The fourth-order valence-corrected chi connectivity index (χ4v) is 2.01. The van der Waals surface area contributed by atoms with Gasteiger partial charge in [0, 0.05) is 6.54 Å². The van der Waals surface area contributed by atoms with Crippen LogP contribution in [0.3, 0.4) is 0 Å². The molecule has 0 spiro atoms. The van der Waals surface area contributed by atoms with Crippen molar-refractivity contribution >= 4 is 0 Å². The summed E-state index contributed by atoms with van der Waals surface area (Å²) in [4.78, 5) is 0. The first-order valence-corrected chi connectivity index (χ1v) is 5.79. The van der Waals surface area contributed by atoms with E-state index in [0.717, 1.165) is 25.9 Å². The number of nitriles is 1. The van der Waals surface area contributed by atoms with Gasteiger partial charge in [-0.2, -0.15) is 5.26 Å². The molecular formula is C13H16N2O2. The molecule has 0 radical (unpaired) electrons. The number of methoxy groups -OCH3 is 1. The number of nitrogens with zero attached hydrogens (tertiary/aromatic N) is 1. The van der Waals surface area contributed by atoms with Crippen LogP contribution in [0.5, 0.6) is 11.5 Å². The van der Waals surface area contributed by atoms with Gasteiger partial charge < -0.3 is 14.8 Å². The molecule has 1 saturated heterocycles. The zero-order chi connectivity index (χ0) is 12.1. The fourth-order valence-electron chi connectivity index (χ4n) is 2.01.